The molecule has 0 spiro atoms. The normalized spacial score (nSPS) is 16.0. The maximum absolute atomic E-state index is 5.74. The summed E-state index contributed by atoms with van der Waals surface area (Å²) in [5.74, 6) is 0. The first-order chi connectivity index (χ1) is 11.9. The minimum atomic E-state index is 0.925. The van der Waals surface area contributed by atoms with Crippen LogP contribution in [0.4, 0.5) is 0 Å². The fourth-order valence-corrected chi connectivity index (χ4v) is 3.10. The molecule has 1 fully saturated rings. The molecule has 0 saturated carbocycles. The Morgan fingerprint density at radius 1 is 0.708 bits per heavy atom. The highest BCUT2D eigenvalue weighted by molar-refractivity contribution is 4.92. The largest absolute Gasteiger partial charge is 0.299 e. The second kappa shape index (κ2) is 17.2. The van der Waals surface area contributed by atoms with Gasteiger partial charge in [0.25, 0.3) is 0 Å². The van der Waals surface area contributed by atoms with Crippen molar-refractivity contribution in [3.05, 3.63) is 24.3 Å². The molecule has 140 valence electrons. The van der Waals surface area contributed by atoms with Crippen LogP contribution in [0.25, 0.3) is 0 Å². The predicted octanol–water partition coefficient (Wildman–Crippen LogP) is 6.83. The Hall–Kier alpha value is -0.600. The van der Waals surface area contributed by atoms with Gasteiger partial charge < -0.3 is 0 Å². The Balaban J connectivity index is 1.73. The van der Waals surface area contributed by atoms with Gasteiger partial charge in [-0.15, -0.1) is 0 Å². The molecule has 0 radical (unpaired) electrons. The number of rotatable bonds is 16. The van der Waals surface area contributed by atoms with Crippen molar-refractivity contribution in [3.63, 3.8) is 0 Å². The first-order valence-electron chi connectivity index (χ1n) is 10.6. The van der Waals surface area contributed by atoms with E-state index in [1.54, 1.807) is 0 Å². The van der Waals surface area contributed by atoms with E-state index in [0.717, 1.165) is 26.1 Å². The summed E-state index contributed by atoms with van der Waals surface area (Å²) >= 11 is 0. The second-order valence-electron chi connectivity index (χ2n) is 7.05. The lowest BCUT2D eigenvalue weighted by atomic mass is 10.1. The smallest absolute Gasteiger partial charge is 0.0685 e. The van der Waals surface area contributed by atoms with E-state index in [2.05, 4.69) is 36.3 Å². The van der Waals surface area contributed by atoms with Gasteiger partial charge in [-0.25, -0.2) is 0 Å². The lowest BCUT2D eigenvalue weighted by molar-refractivity contribution is -0.143. The summed E-state index contributed by atoms with van der Waals surface area (Å²) in [6.45, 7) is 5.47. The van der Waals surface area contributed by atoms with E-state index >= 15 is 0 Å². The number of allylic oxidation sites excluding steroid dienone is 4. The van der Waals surface area contributed by atoms with E-state index in [0.29, 0.717) is 0 Å². The summed E-state index contributed by atoms with van der Waals surface area (Å²) in [4.78, 5) is 5.74. The van der Waals surface area contributed by atoms with Gasteiger partial charge in [0.2, 0.25) is 0 Å². The van der Waals surface area contributed by atoms with Crippen molar-refractivity contribution in [2.75, 3.05) is 19.7 Å². The zero-order valence-corrected chi connectivity index (χ0v) is 16.2. The topological polar surface area (TPSA) is 12.5 Å². The van der Waals surface area contributed by atoms with Crippen molar-refractivity contribution < 1.29 is 4.84 Å². The molecule has 2 heteroatoms. The van der Waals surface area contributed by atoms with E-state index in [-0.39, 0.29) is 0 Å². The highest BCUT2D eigenvalue weighted by Gasteiger charge is 2.10. The molecule has 1 rings (SSSR count). The van der Waals surface area contributed by atoms with Crippen LogP contribution in [-0.4, -0.2) is 24.8 Å². The number of hydroxylamine groups is 2. The Morgan fingerprint density at radius 3 is 1.96 bits per heavy atom. The molecule has 1 aliphatic rings. The Labute approximate surface area is 151 Å². The third-order valence-electron chi connectivity index (χ3n) is 4.68. The zero-order chi connectivity index (χ0) is 17.1. The minimum Gasteiger partial charge on any atom is -0.299 e. The highest BCUT2D eigenvalue weighted by Crippen LogP contribution is 2.10. The van der Waals surface area contributed by atoms with Crippen LogP contribution in [0.2, 0.25) is 0 Å². The van der Waals surface area contributed by atoms with Gasteiger partial charge in [0.15, 0.2) is 0 Å². The van der Waals surface area contributed by atoms with Crippen molar-refractivity contribution in [1.82, 2.24) is 5.06 Å². The summed E-state index contributed by atoms with van der Waals surface area (Å²) in [5, 5.41) is 2.15. The SMILES string of the molecule is CCCCCC=CCC=CCCCCCCCCON1CCCC1. The lowest BCUT2D eigenvalue weighted by Gasteiger charge is -2.14. The van der Waals surface area contributed by atoms with Crippen LogP contribution in [0.15, 0.2) is 24.3 Å². The van der Waals surface area contributed by atoms with Gasteiger partial charge in [0, 0.05) is 13.1 Å². The van der Waals surface area contributed by atoms with Gasteiger partial charge in [-0.1, -0.05) is 69.8 Å². The van der Waals surface area contributed by atoms with Crippen molar-refractivity contribution in [1.29, 1.82) is 0 Å². The van der Waals surface area contributed by atoms with Gasteiger partial charge in [0.05, 0.1) is 6.61 Å². The van der Waals surface area contributed by atoms with E-state index < -0.39 is 0 Å². The first kappa shape index (κ1) is 21.4. The van der Waals surface area contributed by atoms with Crippen molar-refractivity contribution in [2.45, 2.75) is 96.8 Å². The minimum absolute atomic E-state index is 0.925. The second-order valence-corrected chi connectivity index (χ2v) is 7.05. The predicted molar refractivity (Wildman–Crippen MR) is 106 cm³/mol. The van der Waals surface area contributed by atoms with Gasteiger partial charge in [-0.2, -0.15) is 5.06 Å². The molecule has 0 aromatic heterocycles. The molecule has 0 aliphatic carbocycles. The van der Waals surface area contributed by atoms with Crippen LogP contribution in [0.5, 0.6) is 0 Å². The highest BCUT2D eigenvalue weighted by atomic mass is 16.7. The number of nitrogens with zero attached hydrogens (tertiary/aromatic N) is 1. The quantitative estimate of drug-likeness (QED) is 0.226. The van der Waals surface area contributed by atoms with Crippen molar-refractivity contribution >= 4 is 0 Å². The summed E-state index contributed by atoms with van der Waals surface area (Å²) in [7, 11) is 0. The van der Waals surface area contributed by atoms with Gasteiger partial charge in [-0.05, 0) is 51.4 Å². The molecule has 0 aromatic rings. The van der Waals surface area contributed by atoms with E-state index in [9.17, 15) is 0 Å². The number of hydrogen-bond donors (Lipinski definition) is 0. The van der Waals surface area contributed by atoms with Crippen molar-refractivity contribution in [3.8, 4) is 0 Å². The summed E-state index contributed by atoms with van der Waals surface area (Å²) in [5.41, 5.74) is 0. The molecule has 1 saturated heterocycles. The van der Waals surface area contributed by atoms with Crippen LogP contribution in [0, 0.1) is 0 Å². The fraction of sp³-hybridized carbons (Fsp3) is 0.818. The standard InChI is InChI=1S/C22H41NO/c1-2-3-4-5-6-7-8-9-10-11-12-13-14-15-16-19-22-24-23-20-17-18-21-23/h6-7,9-10H,2-5,8,11-22H2,1H3. The number of unbranched alkanes of at least 4 members (excludes halogenated alkanes) is 9. The summed E-state index contributed by atoms with van der Waals surface area (Å²) in [6, 6.07) is 0. The van der Waals surface area contributed by atoms with Crippen LogP contribution in [-0.2, 0) is 4.84 Å². The van der Waals surface area contributed by atoms with Crippen LogP contribution in [0.1, 0.15) is 96.8 Å². The molecule has 1 aliphatic heterocycles. The molecule has 0 aromatic carbocycles. The van der Waals surface area contributed by atoms with Gasteiger partial charge in [-0.3, -0.25) is 4.84 Å². The molecule has 0 bridgehead atoms. The Bertz CT molecular complexity index is 305. The summed E-state index contributed by atoms with van der Waals surface area (Å²) in [6.07, 6.45) is 27.6. The third kappa shape index (κ3) is 13.8. The number of hydrogen-bond acceptors (Lipinski definition) is 2. The molecule has 0 amide bonds. The third-order valence-corrected chi connectivity index (χ3v) is 4.68. The average Bonchev–Trinajstić information content (AvgIpc) is 3.11. The zero-order valence-electron chi connectivity index (χ0n) is 16.2. The van der Waals surface area contributed by atoms with E-state index in [1.807, 2.05) is 0 Å². The molecule has 0 atom stereocenters. The molecule has 0 N–H and O–H groups in total. The molecular weight excluding hydrogens is 294 g/mol. The van der Waals surface area contributed by atoms with Crippen LogP contribution in [0.3, 0.4) is 0 Å². The molecule has 1 heterocycles. The maximum Gasteiger partial charge on any atom is 0.0685 e. The van der Waals surface area contributed by atoms with Crippen LogP contribution < -0.4 is 0 Å². The maximum atomic E-state index is 5.74. The van der Waals surface area contributed by atoms with E-state index in [1.165, 1.54) is 83.5 Å². The van der Waals surface area contributed by atoms with Crippen molar-refractivity contribution in [2.24, 2.45) is 0 Å². The molecular formula is C22H41NO. The lowest BCUT2D eigenvalue weighted by Crippen LogP contribution is -2.20. The monoisotopic (exact) mass is 335 g/mol. The molecule has 2 nitrogen and oxygen atoms in total. The summed E-state index contributed by atoms with van der Waals surface area (Å²) < 4.78 is 0. The van der Waals surface area contributed by atoms with Gasteiger partial charge in [0.1, 0.15) is 0 Å². The Morgan fingerprint density at radius 2 is 1.29 bits per heavy atom. The first-order valence-corrected chi connectivity index (χ1v) is 10.6. The molecule has 24 heavy (non-hydrogen) atoms. The fourth-order valence-electron chi connectivity index (χ4n) is 3.10. The van der Waals surface area contributed by atoms with Crippen LogP contribution >= 0.6 is 0 Å². The molecule has 0 unspecified atom stereocenters. The average molecular weight is 336 g/mol. The van der Waals surface area contributed by atoms with Gasteiger partial charge >= 0.3 is 0 Å². The Kier molecular flexibility index (Phi) is 15.4. The van der Waals surface area contributed by atoms with E-state index in [4.69, 9.17) is 4.84 Å².